The second-order valence-corrected chi connectivity index (χ2v) is 4.65. The number of carbonyl (C=O) groups excluding carboxylic acids is 1. The molecule has 0 bridgehead atoms. The lowest BCUT2D eigenvalue weighted by molar-refractivity contribution is -0.122. The Hall–Kier alpha value is -1.35. The van der Waals surface area contributed by atoms with E-state index >= 15 is 0 Å². The summed E-state index contributed by atoms with van der Waals surface area (Å²) in [4.78, 5) is 11.4. The maximum Gasteiger partial charge on any atom is 0.236 e. The summed E-state index contributed by atoms with van der Waals surface area (Å²) in [6.07, 6.45) is 2.30. The number of hydrogen-bond acceptors (Lipinski definition) is 2. The van der Waals surface area contributed by atoms with Gasteiger partial charge in [-0.15, -0.1) is 0 Å². The highest BCUT2D eigenvalue weighted by atomic mass is 16.2. The summed E-state index contributed by atoms with van der Waals surface area (Å²) >= 11 is 0. The van der Waals surface area contributed by atoms with Crippen molar-refractivity contribution in [3.8, 4) is 0 Å². The molecular formula is C13H18N2O. The molecule has 3 heteroatoms. The highest BCUT2D eigenvalue weighted by molar-refractivity contribution is 5.81. The fraction of sp³-hybridized carbons (Fsp3) is 0.462. The highest BCUT2D eigenvalue weighted by Gasteiger charge is 2.44. The number of benzene rings is 1. The Balaban J connectivity index is 1.97. The van der Waals surface area contributed by atoms with Crippen LogP contribution in [0.1, 0.15) is 25.3 Å². The van der Waals surface area contributed by atoms with Crippen LogP contribution in [0.3, 0.4) is 0 Å². The smallest absolute Gasteiger partial charge is 0.236 e. The normalized spacial score (nSPS) is 18.9. The van der Waals surface area contributed by atoms with E-state index in [1.165, 1.54) is 5.56 Å². The van der Waals surface area contributed by atoms with Crippen molar-refractivity contribution >= 4 is 5.91 Å². The first-order valence-corrected chi connectivity index (χ1v) is 5.73. The SMILES string of the molecule is C[C@@H](N)C(=O)NCC1(c2ccccc2)CC1. The van der Waals surface area contributed by atoms with E-state index in [1.807, 2.05) is 18.2 Å². The van der Waals surface area contributed by atoms with Gasteiger partial charge in [0, 0.05) is 12.0 Å². The summed E-state index contributed by atoms with van der Waals surface area (Å²) in [7, 11) is 0. The molecular weight excluding hydrogens is 200 g/mol. The second-order valence-electron chi connectivity index (χ2n) is 4.65. The summed E-state index contributed by atoms with van der Waals surface area (Å²) < 4.78 is 0. The van der Waals surface area contributed by atoms with Gasteiger partial charge in [0.2, 0.25) is 5.91 Å². The van der Waals surface area contributed by atoms with Crippen LogP contribution in [-0.2, 0) is 10.2 Å². The van der Waals surface area contributed by atoms with Crippen molar-refractivity contribution < 1.29 is 4.79 Å². The van der Waals surface area contributed by atoms with E-state index in [0.717, 1.165) is 12.8 Å². The molecule has 1 aromatic rings. The van der Waals surface area contributed by atoms with Gasteiger partial charge in [-0.2, -0.15) is 0 Å². The van der Waals surface area contributed by atoms with Gasteiger partial charge in [0.15, 0.2) is 0 Å². The second kappa shape index (κ2) is 4.26. The van der Waals surface area contributed by atoms with Gasteiger partial charge >= 0.3 is 0 Å². The molecule has 3 nitrogen and oxygen atoms in total. The van der Waals surface area contributed by atoms with Crippen molar-refractivity contribution in [2.24, 2.45) is 5.73 Å². The first-order chi connectivity index (χ1) is 7.64. The van der Waals surface area contributed by atoms with E-state index in [2.05, 4.69) is 17.4 Å². The maximum atomic E-state index is 11.4. The Bertz CT molecular complexity index is 369. The fourth-order valence-electron chi connectivity index (χ4n) is 1.93. The molecule has 0 unspecified atom stereocenters. The molecule has 0 aromatic heterocycles. The lowest BCUT2D eigenvalue weighted by Gasteiger charge is -2.17. The number of amides is 1. The van der Waals surface area contributed by atoms with Gasteiger partial charge in [0.25, 0.3) is 0 Å². The molecule has 16 heavy (non-hydrogen) atoms. The van der Waals surface area contributed by atoms with Crippen molar-refractivity contribution in [1.82, 2.24) is 5.32 Å². The third kappa shape index (κ3) is 2.25. The third-order valence-corrected chi connectivity index (χ3v) is 3.25. The third-order valence-electron chi connectivity index (χ3n) is 3.25. The number of hydrogen-bond donors (Lipinski definition) is 2. The minimum Gasteiger partial charge on any atom is -0.354 e. The van der Waals surface area contributed by atoms with Gasteiger partial charge in [0.05, 0.1) is 6.04 Å². The zero-order valence-corrected chi connectivity index (χ0v) is 9.57. The predicted molar refractivity (Wildman–Crippen MR) is 64.0 cm³/mol. The van der Waals surface area contributed by atoms with E-state index < -0.39 is 6.04 Å². The Morgan fingerprint density at radius 3 is 2.56 bits per heavy atom. The van der Waals surface area contributed by atoms with Crippen LogP contribution in [0.4, 0.5) is 0 Å². The van der Waals surface area contributed by atoms with E-state index in [0.29, 0.717) is 6.54 Å². The Labute approximate surface area is 96.0 Å². The van der Waals surface area contributed by atoms with Crippen molar-refractivity contribution in [1.29, 1.82) is 0 Å². The first kappa shape index (κ1) is 11.1. The summed E-state index contributed by atoms with van der Waals surface area (Å²) in [6, 6.07) is 9.94. The summed E-state index contributed by atoms with van der Waals surface area (Å²) in [5.41, 5.74) is 7.00. The average molecular weight is 218 g/mol. The van der Waals surface area contributed by atoms with Crippen molar-refractivity contribution in [2.75, 3.05) is 6.54 Å². The monoisotopic (exact) mass is 218 g/mol. The van der Waals surface area contributed by atoms with Crippen LogP contribution in [0.5, 0.6) is 0 Å². The molecule has 0 heterocycles. The Morgan fingerprint density at radius 2 is 2.06 bits per heavy atom. The molecule has 2 rings (SSSR count). The van der Waals surface area contributed by atoms with Crippen LogP contribution in [0, 0.1) is 0 Å². The van der Waals surface area contributed by atoms with Crippen molar-refractivity contribution in [3.05, 3.63) is 35.9 Å². The summed E-state index contributed by atoms with van der Waals surface area (Å²) in [5, 5.41) is 2.92. The van der Waals surface area contributed by atoms with Crippen LogP contribution < -0.4 is 11.1 Å². The molecule has 1 fully saturated rings. The lowest BCUT2D eigenvalue weighted by atomic mass is 9.96. The molecule has 0 radical (unpaired) electrons. The summed E-state index contributed by atoms with van der Waals surface area (Å²) in [5.74, 6) is -0.0674. The van der Waals surface area contributed by atoms with Gasteiger partial charge in [0.1, 0.15) is 0 Å². The van der Waals surface area contributed by atoms with Gasteiger partial charge in [-0.05, 0) is 25.3 Å². The molecule has 3 N–H and O–H groups in total. The van der Waals surface area contributed by atoms with Crippen LogP contribution in [0.25, 0.3) is 0 Å². The molecule has 0 saturated heterocycles. The molecule has 1 aromatic carbocycles. The molecule has 1 atom stereocenters. The number of nitrogens with one attached hydrogen (secondary N) is 1. The minimum absolute atomic E-state index is 0.0674. The lowest BCUT2D eigenvalue weighted by Crippen LogP contribution is -2.41. The average Bonchev–Trinajstić information content (AvgIpc) is 3.08. The van der Waals surface area contributed by atoms with Crippen LogP contribution in [0.2, 0.25) is 0 Å². The van der Waals surface area contributed by atoms with E-state index in [9.17, 15) is 4.79 Å². The largest absolute Gasteiger partial charge is 0.354 e. The quantitative estimate of drug-likeness (QED) is 0.797. The molecule has 0 spiro atoms. The molecule has 1 aliphatic rings. The molecule has 0 aliphatic heterocycles. The van der Waals surface area contributed by atoms with Crippen molar-refractivity contribution in [3.63, 3.8) is 0 Å². The molecule has 86 valence electrons. The fourth-order valence-corrected chi connectivity index (χ4v) is 1.93. The topological polar surface area (TPSA) is 55.1 Å². The minimum atomic E-state index is -0.424. The molecule has 1 saturated carbocycles. The Kier molecular flexibility index (Phi) is 2.97. The van der Waals surface area contributed by atoms with Crippen molar-refractivity contribution in [2.45, 2.75) is 31.2 Å². The van der Waals surface area contributed by atoms with E-state index in [1.54, 1.807) is 6.92 Å². The zero-order chi connectivity index (χ0) is 11.6. The van der Waals surface area contributed by atoms with Crippen LogP contribution >= 0.6 is 0 Å². The number of carbonyl (C=O) groups is 1. The standard InChI is InChI=1S/C13H18N2O/c1-10(14)12(16)15-9-13(7-8-13)11-5-3-2-4-6-11/h2-6,10H,7-9,14H2,1H3,(H,15,16)/t10-/m1/s1. The zero-order valence-electron chi connectivity index (χ0n) is 9.57. The van der Waals surface area contributed by atoms with Gasteiger partial charge < -0.3 is 11.1 Å². The van der Waals surface area contributed by atoms with Crippen LogP contribution in [0.15, 0.2) is 30.3 Å². The van der Waals surface area contributed by atoms with E-state index in [-0.39, 0.29) is 11.3 Å². The summed E-state index contributed by atoms with van der Waals surface area (Å²) in [6.45, 7) is 2.41. The van der Waals surface area contributed by atoms with Gasteiger partial charge in [-0.1, -0.05) is 30.3 Å². The van der Waals surface area contributed by atoms with E-state index in [4.69, 9.17) is 5.73 Å². The first-order valence-electron chi connectivity index (χ1n) is 5.73. The maximum absolute atomic E-state index is 11.4. The number of nitrogens with two attached hydrogens (primary N) is 1. The van der Waals surface area contributed by atoms with Crippen LogP contribution in [-0.4, -0.2) is 18.5 Å². The highest BCUT2D eigenvalue weighted by Crippen LogP contribution is 2.47. The molecule has 1 amide bonds. The number of rotatable bonds is 4. The van der Waals surface area contributed by atoms with Gasteiger partial charge in [-0.25, -0.2) is 0 Å². The van der Waals surface area contributed by atoms with Gasteiger partial charge in [-0.3, -0.25) is 4.79 Å². The predicted octanol–water partition coefficient (Wildman–Crippen LogP) is 1.18. The Morgan fingerprint density at radius 1 is 1.44 bits per heavy atom. The molecule has 1 aliphatic carbocycles.